The molecule has 2 amide bonds. The van der Waals surface area contributed by atoms with Crippen LogP contribution in [0.1, 0.15) is 24.5 Å². The largest absolute Gasteiger partial charge is 0.467 e. The number of hydrogen-bond donors (Lipinski definition) is 4. The molecule has 0 aliphatic heterocycles. The van der Waals surface area contributed by atoms with E-state index in [1.54, 1.807) is 6.08 Å². The van der Waals surface area contributed by atoms with Gasteiger partial charge in [0.15, 0.2) is 5.96 Å². The highest BCUT2D eigenvalue weighted by Gasteiger charge is 2.21. The van der Waals surface area contributed by atoms with E-state index in [4.69, 9.17) is 16.2 Å². The number of methoxy groups -OCH3 is 1. The van der Waals surface area contributed by atoms with Crippen LogP contribution in [0.25, 0.3) is 0 Å². The first-order valence-electron chi connectivity index (χ1n) is 10.5. The molecular formula is C25H31N5O4. The van der Waals surface area contributed by atoms with Gasteiger partial charge in [0, 0.05) is 24.9 Å². The van der Waals surface area contributed by atoms with Crippen LogP contribution < -0.4 is 22.1 Å². The summed E-state index contributed by atoms with van der Waals surface area (Å²) in [7, 11) is 1.25. The van der Waals surface area contributed by atoms with E-state index in [9.17, 15) is 14.4 Å². The molecular weight excluding hydrogens is 434 g/mol. The average Bonchev–Trinajstić information content (AvgIpc) is 2.81. The molecule has 9 heteroatoms. The first-order valence-corrected chi connectivity index (χ1v) is 10.5. The Bertz CT molecular complexity index is 1010. The van der Waals surface area contributed by atoms with E-state index in [1.807, 2.05) is 49.4 Å². The van der Waals surface area contributed by atoms with Crippen LogP contribution in [0.2, 0.25) is 0 Å². The Kier molecular flexibility index (Phi) is 12.6. The highest BCUT2D eigenvalue weighted by atomic mass is 16.5. The molecule has 1 rings (SSSR count). The maximum atomic E-state index is 12.2. The Hall–Kier alpha value is -4.32. The fourth-order valence-corrected chi connectivity index (χ4v) is 2.59. The topological polar surface area (TPSA) is 149 Å². The summed E-state index contributed by atoms with van der Waals surface area (Å²) in [4.78, 5) is 39.5. The lowest BCUT2D eigenvalue weighted by atomic mass is 10.0. The van der Waals surface area contributed by atoms with Crippen molar-refractivity contribution in [3.8, 4) is 11.8 Å². The molecule has 1 aromatic rings. The number of carbonyl (C=O) groups is 3. The van der Waals surface area contributed by atoms with Crippen molar-refractivity contribution in [2.24, 2.45) is 16.5 Å². The summed E-state index contributed by atoms with van der Waals surface area (Å²) in [6.07, 6.45) is 7.49. The first-order chi connectivity index (χ1) is 16.2. The van der Waals surface area contributed by atoms with Crippen LogP contribution in [-0.4, -0.2) is 50.0 Å². The minimum Gasteiger partial charge on any atom is -0.467 e. The summed E-state index contributed by atoms with van der Waals surface area (Å²) >= 11 is 0. The quantitative estimate of drug-likeness (QED) is 0.124. The number of nitrogens with one attached hydrogen (secondary N) is 2. The van der Waals surface area contributed by atoms with Crippen LogP contribution in [0.3, 0.4) is 0 Å². The fourth-order valence-electron chi connectivity index (χ4n) is 2.59. The molecule has 0 aliphatic rings. The predicted molar refractivity (Wildman–Crippen MR) is 132 cm³/mol. The number of nitrogens with two attached hydrogens (primary N) is 2. The molecule has 0 saturated carbocycles. The van der Waals surface area contributed by atoms with Gasteiger partial charge in [-0.25, -0.2) is 9.79 Å². The van der Waals surface area contributed by atoms with Crippen molar-refractivity contribution < 1.29 is 19.1 Å². The van der Waals surface area contributed by atoms with E-state index < -0.39 is 23.8 Å². The molecule has 0 radical (unpaired) electrons. The smallest absolute Gasteiger partial charge is 0.328 e. The molecule has 1 aromatic carbocycles. The van der Waals surface area contributed by atoms with E-state index in [0.717, 1.165) is 16.7 Å². The second-order valence-electron chi connectivity index (χ2n) is 7.11. The Labute approximate surface area is 200 Å². The number of carbonyl (C=O) groups excluding carboxylic acids is 3. The van der Waals surface area contributed by atoms with Gasteiger partial charge in [0.05, 0.1) is 7.11 Å². The number of aliphatic imine (C=N–C) groups is 1. The number of rotatable bonds is 11. The van der Waals surface area contributed by atoms with E-state index in [-0.39, 0.29) is 31.9 Å². The molecule has 0 saturated heterocycles. The van der Waals surface area contributed by atoms with Crippen molar-refractivity contribution in [2.75, 3.05) is 20.2 Å². The fraction of sp³-hybridized carbons (Fsp3) is 0.280. The standard InChI is InChI=1S/C25H31N5O4/c1-4-5-6-7-18(2)8-9-19-10-12-20(13-11-19)16-21(24(33)34-3)30-22(31)14-15-28-23(32)17-29-25(26)27/h4-7,10-13,21H,1,14-17H2,2-3H3,(H,28,32)(H,30,31)(H4,26,27,29)/b6-5-,18-7+. The zero-order chi connectivity index (χ0) is 25.3. The number of hydrogen-bond acceptors (Lipinski definition) is 5. The highest BCUT2D eigenvalue weighted by Crippen LogP contribution is 2.08. The van der Waals surface area contributed by atoms with E-state index in [1.165, 1.54) is 7.11 Å². The number of allylic oxidation sites excluding steroid dienone is 5. The van der Waals surface area contributed by atoms with Crippen molar-refractivity contribution >= 4 is 23.7 Å². The van der Waals surface area contributed by atoms with Crippen molar-refractivity contribution in [1.82, 2.24) is 10.6 Å². The molecule has 34 heavy (non-hydrogen) atoms. The summed E-state index contributed by atoms with van der Waals surface area (Å²) in [6, 6.07) is 6.50. The second-order valence-corrected chi connectivity index (χ2v) is 7.11. The molecule has 0 bridgehead atoms. The van der Waals surface area contributed by atoms with Gasteiger partial charge in [-0.2, -0.15) is 0 Å². The van der Waals surface area contributed by atoms with Crippen LogP contribution in [0.5, 0.6) is 0 Å². The number of benzene rings is 1. The van der Waals surface area contributed by atoms with Gasteiger partial charge in [-0.1, -0.05) is 54.9 Å². The third-order valence-electron chi connectivity index (χ3n) is 4.29. The molecule has 180 valence electrons. The molecule has 0 aliphatic carbocycles. The maximum Gasteiger partial charge on any atom is 0.328 e. The molecule has 1 unspecified atom stereocenters. The van der Waals surface area contributed by atoms with Crippen molar-refractivity contribution in [2.45, 2.75) is 25.8 Å². The van der Waals surface area contributed by atoms with Crippen LogP contribution in [-0.2, 0) is 25.5 Å². The minimum atomic E-state index is -0.867. The van der Waals surface area contributed by atoms with E-state index in [0.29, 0.717) is 0 Å². The Balaban J connectivity index is 2.67. The van der Waals surface area contributed by atoms with E-state index in [2.05, 4.69) is 34.0 Å². The SMILES string of the molecule is C=C/C=C\C=C(/C)C#Cc1ccc(CC(NC(=O)CCNC(=O)CN=C(N)N)C(=O)OC)cc1. The normalized spacial score (nSPS) is 11.5. The van der Waals surface area contributed by atoms with Crippen molar-refractivity contribution in [3.05, 3.63) is 71.8 Å². The Morgan fingerprint density at radius 2 is 1.88 bits per heavy atom. The molecule has 0 aromatic heterocycles. The Morgan fingerprint density at radius 3 is 2.50 bits per heavy atom. The lowest BCUT2D eigenvalue weighted by Gasteiger charge is -2.17. The molecule has 9 nitrogen and oxygen atoms in total. The van der Waals surface area contributed by atoms with Gasteiger partial charge in [0.2, 0.25) is 11.8 Å². The monoisotopic (exact) mass is 465 g/mol. The maximum absolute atomic E-state index is 12.2. The second kappa shape index (κ2) is 15.5. The molecule has 0 fully saturated rings. The number of esters is 1. The Morgan fingerprint density at radius 1 is 1.18 bits per heavy atom. The number of amides is 2. The van der Waals surface area contributed by atoms with Gasteiger partial charge < -0.3 is 26.8 Å². The number of ether oxygens (including phenoxy) is 1. The lowest BCUT2D eigenvalue weighted by molar-refractivity contribution is -0.145. The first kappa shape index (κ1) is 27.7. The van der Waals surface area contributed by atoms with Gasteiger partial charge in [0.1, 0.15) is 12.6 Å². The summed E-state index contributed by atoms with van der Waals surface area (Å²) in [5.41, 5.74) is 12.9. The molecule has 1 atom stereocenters. The third kappa shape index (κ3) is 11.9. The summed E-state index contributed by atoms with van der Waals surface area (Å²) < 4.78 is 4.81. The average molecular weight is 466 g/mol. The van der Waals surface area contributed by atoms with Crippen LogP contribution in [0.4, 0.5) is 0 Å². The van der Waals surface area contributed by atoms with Crippen molar-refractivity contribution in [1.29, 1.82) is 0 Å². The zero-order valence-electron chi connectivity index (χ0n) is 19.5. The van der Waals surface area contributed by atoms with E-state index >= 15 is 0 Å². The van der Waals surface area contributed by atoms with Gasteiger partial charge in [-0.15, -0.1) is 0 Å². The van der Waals surface area contributed by atoms with Crippen LogP contribution in [0, 0.1) is 11.8 Å². The minimum absolute atomic E-state index is 0.0234. The molecule has 0 heterocycles. The summed E-state index contributed by atoms with van der Waals surface area (Å²) in [5, 5.41) is 5.15. The number of guanidine groups is 1. The predicted octanol–water partition coefficient (Wildman–Crippen LogP) is 0.707. The summed E-state index contributed by atoms with van der Waals surface area (Å²) in [6.45, 7) is 5.37. The molecule has 6 N–H and O–H groups in total. The van der Waals surface area contributed by atoms with Gasteiger partial charge in [-0.05, 0) is 30.2 Å². The van der Waals surface area contributed by atoms with Gasteiger partial charge >= 0.3 is 5.97 Å². The zero-order valence-corrected chi connectivity index (χ0v) is 19.5. The highest BCUT2D eigenvalue weighted by molar-refractivity contribution is 5.86. The molecule has 0 spiro atoms. The van der Waals surface area contributed by atoms with Crippen molar-refractivity contribution in [3.63, 3.8) is 0 Å². The number of nitrogens with zero attached hydrogens (tertiary/aromatic N) is 1. The van der Waals surface area contributed by atoms with Gasteiger partial charge in [0.25, 0.3) is 0 Å². The van der Waals surface area contributed by atoms with Crippen LogP contribution in [0.15, 0.2) is 65.7 Å². The third-order valence-corrected chi connectivity index (χ3v) is 4.29. The van der Waals surface area contributed by atoms with Gasteiger partial charge in [-0.3, -0.25) is 9.59 Å². The lowest BCUT2D eigenvalue weighted by Crippen LogP contribution is -2.44. The van der Waals surface area contributed by atoms with Crippen LogP contribution >= 0.6 is 0 Å². The summed E-state index contributed by atoms with van der Waals surface area (Å²) in [5.74, 6) is 4.53.